The van der Waals surface area contributed by atoms with Gasteiger partial charge in [-0.1, -0.05) is 19.3 Å². The minimum atomic E-state index is -0.221. The molecule has 1 fully saturated rings. The summed E-state index contributed by atoms with van der Waals surface area (Å²) in [6, 6.07) is 3.94. The van der Waals surface area contributed by atoms with Crippen molar-refractivity contribution in [1.82, 2.24) is 15.3 Å². The Morgan fingerprint density at radius 2 is 1.73 bits per heavy atom. The first-order valence-electron chi connectivity index (χ1n) is 11.2. The Hall–Kier alpha value is -3.07. The molecule has 0 radical (unpaired) electrons. The molecule has 1 heterocycles. The lowest BCUT2D eigenvalue weighted by Crippen LogP contribution is -2.36. The Labute approximate surface area is 195 Å². The van der Waals surface area contributed by atoms with Crippen LogP contribution >= 0.6 is 0 Å². The standard InChI is InChI=1S/C24H34N4O5/c1-28(17-9-7-6-8-10-17)23-18(24(29)25-11-12-30-2)15-26-22(27-23)16-13-19(31-3)21(33-5)20(14-16)32-4/h13-15,17H,6-12H2,1-5H3,(H,25,29). The smallest absolute Gasteiger partial charge is 0.256 e. The SMILES string of the molecule is COCCNC(=O)c1cnc(-c2cc(OC)c(OC)c(OC)c2)nc1N(C)C1CCCCC1. The summed E-state index contributed by atoms with van der Waals surface area (Å²) in [4.78, 5) is 24.4. The van der Waals surface area contributed by atoms with Gasteiger partial charge < -0.3 is 29.2 Å². The molecule has 9 heteroatoms. The van der Waals surface area contributed by atoms with Crippen LogP contribution < -0.4 is 24.4 Å². The van der Waals surface area contributed by atoms with E-state index < -0.39 is 0 Å². The number of anilines is 1. The predicted octanol–water partition coefficient (Wildman–Crippen LogP) is 3.31. The number of ether oxygens (including phenoxy) is 4. The van der Waals surface area contributed by atoms with Gasteiger partial charge in [-0.3, -0.25) is 4.79 Å². The van der Waals surface area contributed by atoms with Crippen LogP contribution in [-0.2, 0) is 4.74 Å². The monoisotopic (exact) mass is 458 g/mol. The van der Waals surface area contributed by atoms with Crippen LogP contribution in [0.1, 0.15) is 42.5 Å². The van der Waals surface area contributed by atoms with Gasteiger partial charge in [-0.15, -0.1) is 0 Å². The zero-order valence-electron chi connectivity index (χ0n) is 20.1. The zero-order valence-corrected chi connectivity index (χ0v) is 20.1. The molecule has 1 aromatic heterocycles. The maximum atomic E-state index is 12.9. The summed E-state index contributed by atoms with van der Waals surface area (Å²) in [7, 11) is 8.30. The molecule has 1 aliphatic carbocycles. The third-order valence-corrected chi connectivity index (χ3v) is 5.98. The van der Waals surface area contributed by atoms with Gasteiger partial charge in [-0.2, -0.15) is 0 Å². The Morgan fingerprint density at radius 1 is 1.06 bits per heavy atom. The van der Waals surface area contributed by atoms with Gasteiger partial charge in [-0.25, -0.2) is 9.97 Å². The van der Waals surface area contributed by atoms with Crippen LogP contribution in [0, 0.1) is 0 Å². The summed E-state index contributed by atoms with van der Waals surface area (Å²) in [5.41, 5.74) is 1.14. The molecule has 0 unspecified atom stereocenters. The Kier molecular flexibility index (Phi) is 8.71. The molecule has 1 aromatic carbocycles. The van der Waals surface area contributed by atoms with E-state index in [9.17, 15) is 4.79 Å². The van der Waals surface area contributed by atoms with Gasteiger partial charge in [-0.05, 0) is 25.0 Å². The van der Waals surface area contributed by atoms with Crippen LogP contribution in [0.25, 0.3) is 11.4 Å². The van der Waals surface area contributed by atoms with Crippen molar-refractivity contribution in [2.24, 2.45) is 0 Å². The molecule has 0 bridgehead atoms. The van der Waals surface area contributed by atoms with E-state index in [2.05, 4.69) is 15.2 Å². The maximum absolute atomic E-state index is 12.9. The lowest BCUT2D eigenvalue weighted by molar-refractivity contribution is 0.0937. The molecule has 1 N–H and O–H groups in total. The highest BCUT2D eigenvalue weighted by atomic mass is 16.5. The molecule has 0 spiro atoms. The fourth-order valence-electron chi connectivity index (χ4n) is 4.15. The number of rotatable bonds is 10. The summed E-state index contributed by atoms with van der Waals surface area (Å²) in [6.45, 7) is 0.848. The van der Waals surface area contributed by atoms with Crippen LogP contribution in [0.4, 0.5) is 5.82 Å². The summed E-state index contributed by atoms with van der Waals surface area (Å²) in [5.74, 6) is 2.38. The first-order valence-corrected chi connectivity index (χ1v) is 11.2. The van der Waals surface area contributed by atoms with Crippen molar-refractivity contribution in [2.45, 2.75) is 38.1 Å². The van der Waals surface area contributed by atoms with E-state index in [4.69, 9.17) is 23.9 Å². The molecular weight excluding hydrogens is 424 g/mol. The van der Waals surface area contributed by atoms with Gasteiger partial charge >= 0.3 is 0 Å². The Morgan fingerprint density at radius 3 is 2.30 bits per heavy atom. The average Bonchev–Trinajstić information content (AvgIpc) is 2.87. The molecule has 2 aromatic rings. The van der Waals surface area contributed by atoms with E-state index in [0.717, 1.165) is 12.8 Å². The number of benzene rings is 1. The van der Waals surface area contributed by atoms with E-state index in [1.165, 1.54) is 19.3 Å². The molecule has 0 atom stereocenters. The topological polar surface area (TPSA) is 95.0 Å². The second-order valence-electron chi connectivity index (χ2n) is 8.00. The highest BCUT2D eigenvalue weighted by Gasteiger charge is 2.25. The number of carbonyl (C=O) groups excluding carboxylic acids is 1. The van der Waals surface area contributed by atoms with Gasteiger partial charge in [0.2, 0.25) is 5.75 Å². The molecule has 33 heavy (non-hydrogen) atoms. The van der Waals surface area contributed by atoms with Crippen LogP contribution in [0.5, 0.6) is 17.2 Å². The number of aromatic nitrogens is 2. The van der Waals surface area contributed by atoms with Gasteiger partial charge in [0.1, 0.15) is 11.4 Å². The molecular formula is C24H34N4O5. The summed E-state index contributed by atoms with van der Waals surface area (Å²) >= 11 is 0. The minimum absolute atomic E-state index is 0.221. The number of amides is 1. The van der Waals surface area contributed by atoms with Crippen molar-refractivity contribution in [2.75, 3.05) is 53.5 Å². The van der Waals surface area contributed by atoms with Gasteiger partial charge in [0, 0.05) is 38.5 Å². The summed E-state index contributed by atoms with van der Waals surface area (Å²) in [5, 5.41) is 2.88. The van der Waals surface area contributed by atoms with Crippen molar-refractivity contribution in [3.63, 3.8) is 0 Å². The van der Waals surface area contributed by atoms with E-state index in [-0.39, 0.29) is 5.91 Å². The molecule has 9 nitrogen and oxygen atoms in total. The Balaban J connectivity index is 2.04. The van der Waals surface area contributed by atoms with Crippen LogP contribution in [0.2, 0.25) is 0 Å². The second kappa shape index (κ2) is 11.7. The van der Waals surface area contributed by atoms with Crippen LogP contribution in [0.3, 0.4) is 0 Å². The van der Waals surface area contributed by atoms with Crippen LogP contribution in [-0.4, -0.2) is 70.6 Å². The highest BCUT2D eigenvalue weighted by Crippen LogP contribution is 2.41. The molecule has 180 valence electrons. The largest absolute Gasteiger partial charge is 0.493 e. The molecule has 3 rings (SSSR count). The van der Waals surface area contributed by atoms with E-state index in [1.54, 1.807) is 46.8 Å². The molecule has 1 saturated carbocycles. The van der Waals surface area contributed by atoms with Crippen molar-refractivity contribution >= 4 is 11.7 Å². The number of hydrogen-bond donors (Lipinski definition) is 1. The highest BCUT2D eigenvalue weighted by molar-refractivity contribution is 5.99. The summed E-state index contributed by atoms with van der Waals surface area (Å²) < 4.78 is 21.4. The lowest BCUT2D eigenvalue weighted by atomic mass is 9.94. The van der Waals surface area contributed by atoms with Crippen molar-refractivity contribution in [3.05, 3.63) is 23.9 Å². The van der Waals surface area contributed by atoms with Crippen molar-refractivity contribution < 1.29 is 23.7 Å². The zero-order chi connectivity index (χ0) is 23.8. The second-order valence-corrected chi connectivity index (χ2v) is 8.00. The number of carbonyl (C=O) groups is 1. The number of nitrogens with one attached hydrogen (secondary N) is 1. The third-order valence-electron chi connectivity index (χ3n) is 5.98. The van der Waals surface area contributed by atoms with E-state index in [0.29, 0.717) is 59.2 Å². The minimum Gasteiger partial charge on any atom is -0.493 e. The quantitative estimate of drug-likeness (QED) is 0.542. The van der Waals surface area contributed by atoms with E-state index in [1.807, 2.05) is 7.05 Å². The van der Waals surface area contributed by atoms with Gasteiger partial charge in [0.25, 0.3) is 5.91 Å². The van der Waals surface area contributed by atoms with Crippen LogP contribution in [0.15, 0.2) is 18.3 Å². The van der Waals surface area contributed by atoms with Crippen molar-refractivity contribution in [3.8, 4) is 28.6 Å². The van der Waals surface area contributed by atoms with Crippen molar-refractivity contribution in [1.29, 1.82) is 0 Å². The van der Waals surface area contributed by atoms with Gasteiger partial charge in [0.15, 0.2) is 17.3 Å². The predicted molar refractivity (Wildman–Crippen MR) is 127 cm³/mol. The first-order chi connectivity index (χ1) is 16.0. The molecule has 1 amide bonds. The number of nitrogens with zero attached hydrogens (tertiary/aromatic N) is 3. The maximum Gasteiger partial charge on any atom is 0.256 e. The lowest BCUT2D eigenvalue weighted by Gasteiger charge is -2.33. The molecule has 0 aliphatic heterocycles. The molecule has 1 aliphatic rings. The Bertz CT molecular complexity index is 921. The van der Waals surface area contributed by atoms with Gasteiger partial charge in [0.05, 0.1) is 27.9 Å². The van der Waals surface area contributed by atoms with E-state index >= 15 is 0 Å². The third kappa shape index (κ3) is 5.65. The number of hydrogen-bond acceptors (Lipinski definition) is 8. The number of methoxy groups -OCH3 is 4. The first kappa shape index (κ1) is 24.6. The molecule has 0 saturated heterocycles. The summed E-state index contributed by atoms with van der Waals surface area (Å²) in [6.07, 6.45) is 7.33. The normalized spacial score (nSPS) is 14.0. The fourth-order valence-corrected chi connectivity index (χ4v) is 4.15. The fraction of sp³-hybridized carbons (Fsp3) is 0.542. The average molecular weight is 459 g/mol.